The van der Waals surface area contributed by atoms with Crippen LogP contribution < -0.4 is 9.64 Å². The Hall–Kier alpha value is -2.71. The Balaban J connectivity index is 1.42. The lowest BCUT2D eigenvalue weighted by Crippen LogP contribution is -2.47. The van der Waals surface area contributed by atoms with Gasteiger partial charge in [-0.25, -0.2) is 0 Å². The van der Waals surface area contributed by atoms with Gasteiger partial charge in [-0.2, -0.15) is 5.26 Å². The summed E-state index contributed by atoms with van der Waals surface area (Å²) < 4.78 is 5.74. The second kappa shape index (κ2) is 7.71. The highest BCUT2D eigenvalue weighted by atomic mass is 16.5. The third-order valence-corrected chi connectivity index (χ3v) is 4.23. The molecule has 1 N–H and O–H groups in total. The van der Waals surface area contributed by atoms with Crippen molar-refractivity contribution in [1.29, 1.82) is 5.26 Å². The molecule has 2 aromatic rings. The van der Waals surface area contributed by atoms with Crippen LogP contribution in [0.3, 0.4) is 0 Å². The van der Waals surface area contributed by atoms with Crippen LogP contribution in [0.5, 0.6) is 11.5 Å². The Morgan fingerprint density at radius 1 is 1.04 bits per heavy atom. The van der Waals surface area contributed by atoms with Crippen molar-refractivity contribution >= 4 is 5.69 Å². The molecule has 0 radical (unpaired) electrons. The topological polar surface area (TPSA) is 59.7 Å². The quantitative estimate of drug-likeness (QED) is 0.916. The highest BCUT2D eigenvalue weighted by molar-refractivity contribution is 5.49. The average Bonchev–Trinajstić information content (AvgIpc) is 2.63. The molecular formula is C19H21N3O2. The molecule has 1 aliphatic rings. The fourth-order valence-corrected chi connectivity index (χ4v) is 2.84. The molecule has 5 nitrogen and oxygen atoms in total. The minimum absolute atomic E-state index is 0.301. The van der Waals surface area contributed by atoms with Gasteiger partial charge < -0.3 is 14.7 Å². The summed E-state index contributed by atoms with van der Waals surface area (Å²) in [5.74, 6) is 1.05. The fraction of sp³-hybridized carbons (Fsp3) is 0.316. The van der Waals surface area contributed by atoms with Crippen LogP contribution in [0.15, 0.2) is 48.5 Å². The van der Waals surface area contributed by atoms with Crippen molar-refractivity contribution in [1.82, 2.24) is 4.90 Å². The number of rotatable bonds is 5. The first-order valence-electron chi connectivity index (χ1n) is 8.14. The monoisotopic (exact) mass is 323 g/mol. The van der Waals surface area contributed by atoms with Crippen LogP contribution >= 0.6 is 0 Å². The van der Waals surface area contributed by atoms with E-state index in [0.717, 1.165) is 44.2 Å². The molecule has 1 aliphatic heterocycles. The molecule has 0 spiro atoms. The van der Waals surface area contributed by atoms with Gasteiger partial charge >= 0.3 is 0 Å². The number of aromatic hydroxyl groups is 1. The minimum Gasteiger partial charge on any atom is -0.508 e. The number of hydrogen-bond acceptors (Lipinski definition) is 5. The standard InChI is InChI=1S/C19H21N3O2/c20-15-16-2-1-3-19(14-16)24-13-12-21-8-10-22(11-9-21)17-4-6-18(23)7-5-17/h1-7,14,23H,8-13H2. The van der Waals surface area contributed by atoms with E-state index in [0.29, 0.717) is 17.9 Å². The van der Waals surface area contributed by atoms with Gasteiger partial charge in [0.2, 0.25) is 0 Å². The van der Waals surface area contributed by atoms with Gasteiger partial charge in [0.05, 0.1) is 11.6 Å². The van der Waals surface area contributed by atoms with Crippen LogP contribution in [0.25, 0.3) is 0 Å². The van der Waals surface area contributed by atoms with Gasteiger partial charge in [0.25, 0.3) is 0 Å². The first kappa shape index (κ1) is 16.2. The molecule has 0 aliphatic carbocycles. The molecule has 0 amide bonds. The van der Waals surface area contributed by atoms with Gasteiger partial charge in [0.15, 0.2) is 0 Å². The van der Waals surface area contributed by atoms with Crippen molar-refractivity contribution in [2.45, 2.75) is 0 Å². The van der Waals surface area contributed by atoms with Gasteiger partial charge in [-0.05, 0) is 42.5 Å². The summed E-state index contributed by atoms with van der Waals surface area (Å²) in [5, 5.41) is 18.3. The Morgan fingerprint density at radius 3 is 2.50 bits per heavy atom. The Bertz CT molecular complexity index is 701. The van der Waals surface area contributed by atoms with Crippen LogP contribution in [0.4, 0.5) is 5.69 Å². The molecule has 5 heteroatoms. The number of hydrogen-bond donors (Lipinski definition) is 1. The van der Waals surface area contributed by atoms with Gasteiger partial charge in [-0.1, -0.05) is 6.07 Å². The van der Waals surface area contributed by atoms with Crippen molar-refractivity contribution in [3.05, 3.63) is 54.1 Å². The van der Waals surface area contributed by atoms with Crippen LogP contribution in [0.2, 0.25) is 0 Å². The lowest BCUT2D eigenvalue weighted by atomic mass is 10.2. The summed E-state index contributed by atoms with van der Waals surface area (Å²) in [7, 11) is 0. The van der Waals surface area contributed by atoms with Gasteiger partial charge in [-0.3, -0.25) is 4.90 Å². The summed E-state index contributed by atoms with van der Waals surface area (Å²) >= 11 is 0. The van der Waals surface area contributed by atoms with Gasteiger partial charge in [0, 0.05) is 38.4 Å². The lowest BCUT2D eigenvalue weighted by molar-refractivity contribution is 0.200. The van der Waals surface area contributed by atoms with Crippen molar-refractivity contribution < 1.29 is 9.84 Å². The van der Waals surface area contributed by atoms with Gasteiger partial charge in [0.1, 0.15) is 18.1 Å². The lowest BCUT2D eigenvalue weighted by Gasteiger charge is -2.36. The smallest absolute Gasteiger partial charge is 0.120 e. The van der Waals surface area contributed by atoms with E-state index < -0.39 is 0 Å². The van der Waals surface area contributed by atoms with Crippen LogP contribution in [0.1, 0.15) is 5.56 Å². The normalized spacial score (nSPS) is 15.0. The molecule has 0 atom stereocenters. The number of piperazine rings is 1. The third-order valence-electron chi connectivity index (χ3n) is 4.23. The van der Waals surface area contributed by atoms with Gasteiger partial charge in [-0.15, -0.1) is 0 Å². The second-order valence-electron chi connectivity index (χ2n) is 5.83. The first-order valence-corrected chi connectivity index (χ1v) is 8.14. The van der Waals surface area contributed by atoms with Crippen molar-refractivity contribution in [3.8, 4) is 17.6 Å². The van der Waals surface area contributed by atoms with E-state index >= 15 is 0 Å². The van der Waals surface area contributed by atoms with Crippen molar-refractivity contribution in [2.75, 3.05) is 44.2 Å². The predicted octanol–water partition coefficient (Wildman–Crippen LogP) is 2.46. The largest absolute Gasteiger partial charge is 0.508 e. The molecule has 24 heavy (non-hydrogen) atoms. The zero-order valence-corrected chi connectivity index (χ0v) is 13.6. The van der Waals surface area contributed by atoms with E-state index in [2.05, 4.69) is 15.9 Å². The summed E-state index contributed by atoms with van der Waals surface area (Å²) in [6.45, 7) is 5.41. The first-order chi connectivity index (χ1) is 11.7. The molecule has 1 saturated heterocycles. The summed E-state index contributed by atoms with van der Waals surface area (Å²) in [5.41, 5.74) is 1.77. The number of nitrogens with zero attached hydrogens (tertiary/aromatic N) is 3. The predicted molar refractivity (Wildman–Crippen MR) is 93.4 cm³/mol. The molecule has 3 rings (SSSR count). The highest BCUT2D eigenvalue weighted by Gasteiger charge is 2.17. The summed E-state index contributed by atoms with van der Waals surface area (Å²) in [6.07, 6.45) is 0. The molecule has 1 heterocycles. The summed E-state index contributed by atoms with van der Waals surface area (Å²) in [4.78, 5) is 4.71. The number of benzene rings is 2. The average molecular weight is 323 g/mol. The van der Waals surface area contributed by atoms with Crippen LogP contribution in [-0.2, 0) is 0 Å². The maximum Gasteiger partial charge on any atom is 0.120 e. The maximum atomic E-state index is 9.36. The van der Waals surface area contributed by atoms with Crippen molar-refractivity contribution in [2.24, 2.45) is 0 Å². The Kier molecular flexibility index (Phi) is 5.19. The second-order valence-corrected chi connectivity index (χ2v) is 5.83. The SMILES string of the molecule is N#Cc1cccc(OCCN2CCN(c3ccc(O)cc3)CC2)c1. The van der Waals surface area contributed by atoms with E-state index in [1.807, 2.05) is 24.3 Å². The Labute approximate surface area is 142 Å². The molecule has 0 saturated carbocycles. The van der Waals surface area contributed by atoms with Crippen molar-refractivity contribution in [3.63, 3.8) is 0 Å². The Morgan fingerprint density at radius 2 is 1.79 bits per heavy atom. The zero-order valence-electron chi connectivity index (χ0n) is 13.6. The number of ether oxygens (including phenoxy) is 1. The zero-order chi connectivity index (χ0) is 16.8. The molecule has 0 bridgehead atoms. The molecular weight excluding hydrogens is 302 g/mol. The molecule has 2 aromatic carbocycles. The van der Waals surface area contributed by atoms with Crippen LogP contribution in [-0.4, -0.2) is 49.3 Å². The van der Waals surface area contributed by atoms with E-state index in [1.165, 1.54) is 0 Å². The van der Waals surface area contributed by atoms with E-state index in [4.69, 9.17) is 10.00 Å². The number of phenols is 1. The number of phenolic OH excluding ortho intramolecular Hbond substituents is 1. The molecule has 124 valence electrons. The summed E-state index contributed by atoms with van der Waals surface area (Å²) in [6, 6.07) is 16.7. The molecule has 0 unspecified atom stereocenters. The van der Waals surface area contributed by atoms with E-state index in [-0.39, 0.29) is 0 Å². The third kappa shape index (κ3) is 4.18. The molecule has 0 aromatic heterocycles. The van der Waals surface area contributed by atoms with E-state index in [1.54, 1.807) is 24.3 Å². The maximum absolute atomic E-state index is 9.36. The fourth-order valence-electron chi connectivity index (χ4n) is 2.84. The van der Waals surface area contributed by atoms with Crippen LogP contribution in [0, 0.1) is 11.3 Å². The van der Waals surface area contributed by atoms with E-state index in [9.17, 15) is 5.11 Å². The minimum atomic E-state index is 0.301. The number of nitriles is 1. The highest BCUT2D eigenvalue weighted by Crippen LogP contribution is 2.19. The number of anilines is 1. The molecule has 1 fully saturated rings.